The first-order valence-electron chi connectivity index (χ1n) is 13.9. The maximum absolute atomic E-state index is 2.35. The number of halogens is 2. The van der Waals surface area contributed by atoms with Gasteiger partial charge in [0.1, 0.15) is 0 Å². The van der Waals surface area contributed by atoms with Crippen molar-refractivity contribution >= 4 is 48.5 Å². The van der Waals surface area contributed by atoms with Gasteiger partial charge in [0.15, 0.2) is 0 Å². The van der Waals surface area contributed by atoms with Crippen LogP contribution in [0.4, 0.5) is 0 Å². The number of hydrogen-bond acceptors (Lipinski definition) is 0. The number of benzene rings is 4. The Kier molecular flexibility index (Phi) is 12.3. The molecule has 0 amide bonds. The predicted octanol–water partition coefficient (Wildman–Crippen LogP) is 5.12. The number of rotatable bonds is 0. The standard InChI is InChI=1S/C21H25.C14H11.C2H6Si.2ClH.Zr/c1-20(2,3)16-7-9-18-14(12-16)11-15-13-17(21(4,5)6)8-10-19(15)18;1-10-8-12-7-6-11-4-2-3-5-13(11)14(12)9-10;1-3-2;;;/h7-13H,1-6H3;2-9H,1H3;1-2H3;2*1H;/q2*-1;;;;+2/p-2. The van der Waals surface area contributed by atoms with E-state index < -0.39 is 0 Å². The molecule has 0 fully saturated rings. The quantitative estimate of drug-likeness (QED) is 0.155. The topological polar surface area (TPSA) is 0 Å². The molecule has 41 heavy (non-hydrogen) atoms. The second-order valence-corrected chi connectivity index (χ2v) is 22.4. The molecule has 0 radical (unpaired) electrons. The van der Waals surface area contributed by atoms with Gasteiger partial charge in [0, 0.05) is 0 Å². The van der Waals surface area contributed by atoms with E-state index in [2.05, 4.69) is 153 Å². The van der Waals surface area contributed by atoms with Gasteiger partial charge in [-0.2, -0.15) is 6.07 Å². The van der Waals surface area contributed by atoms with Gasteiger partial charge in [-0.1, -0.05) is 120 Å². The van der Waals surface area contributed by atoms with Crippen LogP contribution in [-0.4, -0.2) is 5.43 Å². The van der Waals surface area contributed by atoms with Crippen molar-refractivity contribution < 1.29 is 48.1 Å². The molecule has 0 aromatic heterocycles. The second kappa shape index (κ2) is 14.2. The van der Waals surface area contributed by atoms with E-state index in [-0.39, 0.29) is 41.1 Å². The number of aryl methyl sites for hydroxylation is 1. The maximum Gasteiger partial charge on any atom is -0.0370 e. The van der Waals surface area contributed by atoms with Gasteiger partial charge in [0.05, 0.1) is 0 Å². The minimum atomic E-state index is 0. The summed E-state index contributed by atoms with van der Waals surface area (Å²) in [6, 6.07) is 33.6. The van der Waals surface area contributed by atoms with Crippen molar-refractivity contribution in [3.63, 3.8) is 0 Å². The second-order valence-electron chi connectivity index (χ2n) is 13.1. The van der Waals surface area contributed by atoms with Gasteiger partial charge in [-0.05, 0) is 16.2 Å². The van der Waals surface area contributed by atoms with Crippen LogP contribution in [0.25, 0.3) is 43.1 Å². The molecule has 0 spiro atoms. The van der Waals surface area contributed by atoms with Gasteiger partial charge in [-0.3, -0.25) is 0 Å². The van der Waals surface area contributed by atoms with Crippen LogP contribution in [0.5, 0.6) is 0 Å². The van der Waals surface area contributed by atoms with Crippen LogP contribution in [0.1, 0.15) is 58.2 Å². The molecule has 6 aromatic rings. The average molecular weight is 677 g/mol. The summed E-state index contributed by atoms with van der Waals surface area (Å²) in [5.74, 6) is 0. The normalized spacial score (nSPS) is 11.3. The molecule has 214 valence electrons. The molecule has 0 aliphatic carbocycles. The molecule has 0 bridgehead atoms. The van der Waals surface area contributed by atoms with E-state index in [0.717, 1.165) is 0 Å². The Morgan fingerprint density at radius 2 is 1.05 bits per heavy atom. The van der Waals surface area contributed by atoms with Crippen LogP contribution in [0, 0.1) is 6.92 Å². The molecule has 0 aliphatic rings. The summed E-state index contributed by atoms with van der Waals surface area (Å²) >= 11 is 1.74. The van der Waals surface area contributed by atoms with Crippen molar-refractivity contribution in [1.29, 1.82) is 0 Å². The number of hydrogen-bond donors (Lipinski definition) is 0. The van der Waals surface area contributed by atoms with Crippen LogP contribution < -0.4 is 24.8 Å². The van der Waals surface area contributed by atoms with Crippen molar-refractivity contribution in [2.75, 3.05) is 0 Å². The molecule has 4 heteroatoms. The summed E-state index contributed by atoms with van der Waals surface area (Å²) in [6.07, 6.45) is 0. The molecule has 0 saturated carbocycles. The molecular formula is C37H42Cl2SiZr-2. The first-order chi connectivity index (χ1) is 18.2. The van der Waals surface area contributed by atoms with Crippen LogP contribution in [0.2, 0.25) is 13.1 Å². The van der Waals surface area contributed by atoms with Crippen molar-refractivity contribution in [3.8, 4) is 0 Å². The zero-order valence-electron chi connectivity index (χ0n) is 25.9. The Morgan fingerprint density at radius 3 is 1.54 bits per heavy atom. The van der Waals surface area contributed by atoms with Gasteiger partial charge in [-0.15, -0.1) is 68.2 Å². The van der Waals surface area contributed by atoms with Gasteiger partial charge < -0.3 is 24.8 Å². The molecule has 0 aliphatic heterocycles. The van der Waals surface area contributed by atoms with Gasteiger partial charge in [-0.25, -0.2) is 0 Å². The third kappa shape index (κ3) is 8.67. The first kappa shape index (κ1) is 35.5. The van der Waals surface area contributed by atoms with Crippen molar-refractivity contribution in [2.24, 2.45) is 0 Å². The third-order valence-corrected chi connectivity index (χ3v) is 7.20. The van der Waals surface area contributed by atoms with E-state index in [1.807, 2.05) is 0 Å². The smallest absolute Gasteiger partial charge is 0.0370 e. The molecule has 0 saturated heterocycles. The van der Waals surface area contributed by atoms with Crippen LogP contribution in [-0.2, 0) is 34.2 Å². The SMILES string of the molecule is CC(C)(C)c1ccc2c(c1)[cH-]c1cc(C(C)(C)C)ccc12.C[Si](C)=[Zr+2].Cc1cc2c(ccc3ccccc32)[cH-]1.[Cl-].[Cl-]. The summed E-state index contributed by atoms with van der Waals surface area (Å²) in [5.41, 5.74) is 4.77. The number of fused-ring (bicyclic) bond motifs is 6. The Labute approximate surface area is 274 Å². The molecule has 0 atom stereocenters. The first-order valence-corrected chi connectivity index (χ1v) is 20.1. The molecule has 6 aromatic carbocycles. The van der Waals surface area contributed by atoms with E-state index in [1.165, 1.54) is 59.8 Å². The third-order valence-electron chi connectivity index (χ3n) is 7.20. The van der Waals surface area contributed by atoms with Crippen LogP contribution in [0.15, 0.2) is 91.0 Å². The van der Waals surface area contributed by atoms with Crippen LogP contribution in [0.3, 0.4) is 0 Å². The van der Waals surface area contributed by atoms with E-state index >= 15 is 0 Å². The minimum absolute atomic E-state index is 0. The maximum atomic E-state index is 2.35. The molecule has 0 unspecified atom stereocenters. The fourth-order valence-electron chi connectivity index (χ4n) is 5.07. The monoisotopic (exact) mass is 674 g/mol. The molecule has 6 rings (SSSR count). The van der Waals surface area contributed by atoms with E-state index in [4.69, 9.17) is 0 Å². The van der Waals surface area contributed by atoms with Gasteiger partial charge in [0.25, 0.3) is 0 Å². The summed E-state index contributed by atoms with van der Waals surface area (Å²) in [7, 11) is 0. The molecule has 0 nitrogen and oxygen atoms in total. The van der Waals surface area contributed by atoms with Crippen LogP contribution >= 0.6 is 0 Å². The predicted molar refractivity (Wildman–Crippen MR) is 174 cm³/mol. The summed E-state index contributed by atoms with van der Waals surface area (Å²) in [6.45, 7) is 20.4. The van der Waals surface area contributed by atoms with Crippen molar-refractivity contribution in [3.05, 3.63) is 108 Å². The van der Waals surface area contributed by atoms with E-state index in [1.54, 1.807) is 23.3 Å². The zero-order chi connectivity index (χ0) is 28.5. The fraction of sp³-hybridized carbons (Fsp3) is 0.297. The average Bonchev–Trinajstić information content (AvgIpc) is 3.41. The molecule has 0 N–H and O–H groups in total. The molecule has 0 heterocycles. The Balaban J connectivity index is 0.000000255. The Bertz CT molecular complexity index is 1700. The summed E-state index contributed by atoms with van der Waals surface area (Å²) in [5, 5.41) is 10.9. The van der Waals surface area contributed by atoms with Crippen molar-refractivity contribution in [1.82, 2.24) is 0 Å². The summed E-state index contributed by atoms with van der Waals surface area (Å²) in [4.78, 5) is 0. The largest absolute Gasteiger partial charge is 1.00 e. The fourth-order valence-corrected chi connectivity index (χ4v) is 5.07. The zero-order valence-corrected chi connectivity index (χ0v) is 30.9. The Hall–Kier alpha value is -1.70. The van der Waals surface area contributed by atoms with Gasteiger partial charge in [0.2, 0.25) is 0 Å². The van der Waals surface area contributed by atoms with Gasteiger partial charge >= 0.3 is 41.9 Å². The molecular weight excluding hydrogens is 635 g/mol. The van der Waals surface area contributed by atoms with E-state index in [0.29, 0.717) is 0 Å². The van der Waals surface area contributed by atoms with Crippen molar-refractivity contribution in [2.45, 2.75) is 72.4 Å². The summed E-state index contributed by atoms with van der Waals surface area (Å²) < 4.78 is 0. The van der Waals surface area contributed by atoms with E-state index in [9.17, 15) is 0 Å². The minimum Gasteiger partial charge on any atom is -1.00 e. The Morgan fingerprint density at radius 1 is 0.561 bits per heavy atom.